The molecule has 1 heterocycles. The highest BCUT2D eigenvalue weighted by Gasteiger charge is 2.46. The molecule has 0 saturated carbocycles. The second-order valence-corrected chi connectivity index (χ2v) is 37.5. The Morgan fingerprint density at radius 1 is 0.306 bits per heavy atom. The molecule has 7 rings (SSSR count). The molecule has 1 aliphatic rings. The molecule has 6 aromatic carbocycles. The lowest BCUT2D eigenvalue weighted by molar-refractivity contribution is -0.884. The standard InChI is InChI=1S/C88H138N8O2/c1-25-75(79-43-31-71(32-44-79)63-93(13,14)15)57-87(5,59-83(81-47-35-73(36-48-81)65-95(19,20)21)55-67(3)77-39-27-69(28-40-77)61-91(7,8)9)85(97)89-51-53-90(54-52-89)86(98)88(6,58-76(26-2)80-45-33-72(34-46-80)64-94(16,17)18)60-84(82-49-37-74(38-50-82)66-96(22,23)24)56-68(4)78-41-29-70(30-42-78)62-92(10,11)12/h27-50,67-68,75-76,83-84H,25-26,51-66H2,1-24H3/q+6. The summed E-state index contributed by atoms with van der Waals surface area (Å²) < 4.78 is 5.20. The van der Waals surface area contributed by atoms with Crippen molar-refractivity contribution in [3.63, 3.8) is 0 Å². The molecule has 0 N–H and O–H groups in total. The van der Waals surface area contributed by atoms with Crippen LogP contribution >= 0.6 is 0 Å². The van der Waals surface area contributed by atoms with Crippen LogP contribution in [-0.4, -0.2) is 202 Å². The quantitative estimate of drug-likeness (QED) is 0.0378. The van der Waals surface area contributed by atoms with Crippen molar-refractivity contribution in [2.24, 2.45) is 10.8 Å². The zero-order chi connectivity index (χ0) is 72.4. The van der Waals surface area contributed by atoms with Crippen molar-refractivity contribution < 1.29 is 36.5 Å². The number of amides is 2. The molecular weight excluding hydrogens is 1200 g/mol. The second kappa shape index (κ2) is 32.8. The molecule has 1 saturated heterocycles. The molecule has 0 spiro atoms. The molecule has 0 aliphatic carbocycles. The Labute approximate surface area is 598 Å². The van der Waals surface area contributed by atoms with Gasteiger partial charge in [0.05, 0.1) is 127 Å². The van der Waals surface area contributed by atoms with Gasteiger partial charge in [-0.3, -0.25) is 9.59 Å². The summed E-state index contributed by atoms with van der Waals surface area (Å²) in [5.41, 5.74) is 14.5. The van der Waals surface area contributed by atoms with Gasteiger partial charge in [-0.15, -0.1) is 0 Å². The van der Waals surface area contributed by atoms with Gasteiger partial charge in [-0.1, -0.05) is 187 Å². The highest BCUT2D eigenvalue weighted by Crippen LogP contribution is 2.48. The number of carbonyl (C=O) groups is 2. The van der Waals surface area contributed by atoms with Crippen LogP contribution in [0.25, 0.3) is 0 Å². The Kier molecular flexibility index (Phi) is 26.5. The van der Waals surface area contributed by atoms with E-state index in [9.17, 15) is 0 Å². The third-order valence-corrected chi connectivity index (χ3v) is 20.8. The van der Waals surface area contributed by atoms with Gasteiger partial charge in [0.2, 0.25) is 11.8 Å². The van der Waals surface area contributed by atoms with E-state index < -0.39 is 10.8 Å². The van der Waals surface area contributed by atoms with E-state index in [1.165, 1.54) is 66.8 Å². The molecule has 10 heteroatoms. The summed E-state index contributed by atoms with van der Waals surface area (Å²) in [5.74, 6) is 1.59. The number of carbonyl (C=O) groups excluding carboxylic acids is 2. The molecule has 8 unspecified atom stereocenters. The first-order chi connectivity index (χ1) is 45.5. The Hall–Kier alpha value is -5.98. The average Bonchev–Trinajstić information content (AvgIpc) is 0.785. The third kappa shape index (κ3) is 24.7. The van der Waals surface area contributed by atoms with E-state index >= 15 is 9.59 Å². The first-order valence-corrected chi connectivity index (χ1v) is 37.4. The molecule has 6 aromatic rings. The number of piperazine rings is 1. The van der Waals surface area contributed by atoms with Gasteiger partial charge in [0.25, 0.3) is 0 Å². The van der Waals surface area contributed by atoms with Gasteiger partial charge >= 0.3 is 0 Å². The summed E-state index contributed by atoms with van der Waals surface area (Å²) in [6.45, 7) is 21.8. The lowest BCUT2D eigenvalue weighted by Crippen LogP contribution is -2.56. The average molecular weight is 1340 g/mol. The van der Waals surface area contributed by atoms with Crippen LogP contribution in [0.15, 0.2) is 146 Å². The number of benzene rings is 6. The minimum atomic E-state index is -0.713. The third-order valence-electron chi connectivity index (χ3n) is 20.8. The summed E-state index contributed by atoms with van der Waals surface area (Å²) in [4.78, 5) is 37.2. The lowest BCUT2D eigenvalue weighted by atomic mass is 9.68. The fourth-order valence-electron chi connectivity index (χ4n) is 16.1. The van der Waals surface area contributed by atoms with E-state index in [-0.39, 0.29) is 47.3 Å². The summed E-state index contributed by atoms with van der Waals surface area (Å²) in [7, 11) is 40.6. The fraction of sp³-hybridized carbons (Fsp3) is 0.568. The van der Waals surface area contributed by atoms with Gasteiger partial charge in [-0.25, -0.2) is 0 Å². The first-order valence-electron chi connectivity index (χ1n) is 37.4. The van der Waals surface area contributed by atoms with Crippen LogP contribution in [0, 0.1) is 10.8 Å². The predicted molar refractivity (Wildman–Crippen MR) is 415 cm³/mol. The molecule has 2 amide bonds. The van der Waals surface area contributed by atoms with Gasteiger partial charge in [0.15, 0.2) is 0 Å². The van der Waals surface area contributed by atoms with Crippen LogP contribution in [0.5, 0.6) is 0 Å². The molecule has 8 atom stereocenters. The van der Waals surface area contributed by atoms with E-state index in [1.54, 1.807) is 0 Å². The van der Waals surface area contributed by atoms with Crippen molar-refractivity contribution in [1.29, 1.82) is 0 Å². The highest BCUT2D eigenvalue weighted by atomic mass is 16.2. The molecule has 0 aromatic heterocycles. The van der Waals surface area contributed by atoms with Crippen LogP contribution in [0.1, 0.15) is 195 Å². The number of quaternary nitrogens is 6. The number of rotatable bonds is 34. The Bertz CT molecular complexity index is 3200. The van der Waals surface area contributed by atoms with Crippen LogP contribution in [-0.2, 0) is 48.9 Å². The minimum Gasteiger partial charge on any atom is -0.339 e. The first kappa shape index (κ1) is 79.3. The van der Waals surface area contributed by atoms with Crippen molar-refractivity contribution in [2.75, 3.05) is 153 Å². The molecular formula is C88H138N8O2+6. The van der Waals surface area contributed by atoms with E-state index in [0.717, 1.165) is 118 Å². The molecule has 1 fully saturated rings. The van der Waals surface area contributed by atoms with E-state index in [2.05, 4.69) is 324 Å². The second-order valence-electron chi connectivity index (χ2n) is 37.5. The van der Waals surface area contributed by atoms with Gasteiger partial charge in [-0.05, 0) is 120 Å². The molecule has 98 heavy (non-hydrogen) atoms. The van der Waals surface area contributed by atoms with Crippen molar-refractivity contribution >= 4 is 11.8 Å². The summed E-state index contributed by atoms with van der Waals surface area (Å²) >= 11 is 0. The smallest absolute Gasteiger partial charge is 0.228 e. The van der Waals surface area contributed by atoms with E-state index in [1.807, 2.05) is 0 Å². The maximum Gasteiger partial charge on any atom is 0.228 e. The summed E-state index contributed by atoms with van der Waals surface area (Å²) in [6, 6.07) is 56.3. The van der Waals surface area contributed by atoms with E-state index in [0.29, 0.717) is 26.2 Å². The fourth-order valence-corrected chi connectivity index (χ4v) is 16.1. The normalized spacial score (nSPS) is 16.9. The van der Waals surface area contributed by atoms with Crippen LogP contribution < -0.4 is 0 Å². The minimum absolute atomic E-state index is 0.119. The van der Waals surface area contributed by atoms with Crippen LogP contribution in [0.2, 0.25) is 0 Å². The Balaban J connectivity index is 1.26. The largest absolute Gasteiger partial charge is 0.339 e. The summed E-state index contributed by atoms with van der Waals surface area (Å²) in [6.07, 6.45) is 6.64. The zero-order valence-electron chi connectivity index (χ0n) is 66.4. The van der Waals surface area contributed by atoms with Crippen molar-refractivity contribution in [3.05, 3.63) is 212 Å². The van der Waals surface area contributed by atoms with Crippen LogP contribution in [0.4, 0.5) is 0 Å². The monoisotopic (exact) mass is 1340 g/mol. The van der Waals surface area contributed by atoms with Crippen molar-refractivity contribution in [2.45, 2.75) is 168 Å². The zero-order valence-corrected chi connectivity index (χ0v) is 66.4. The number of nitrogens with zero attached hydrogens (tertiary/aromatic N) is 8. The van der Waals surface area contributed by atoms with Gasteiger partial charge in [0, 0.05) is 70.4 Å². The maximum absolute atomic E-state index is 16.4. The van der Waals surface area contributed by atoms with Crippen molar-refractivity contribution in [1.82, 2.24) is 9.80 Å². The maximum atomic E-state index is 16.4. The van der Waals surface area contributed by atoms with Gasteiger partial charge in [-0.2, -0.15) is 0 Å². The van der Waals surface area contributed by atoms with Gasteiger partial charge in [0.1, 0.15) is 39.3 Å². The van der Waals surface area contributed by atoms with Crippen molar-refractivity contribution in [3.8, 4) is 0 Å². The molecule has 536 valence electrons. The molecule has 0 bridgehead atoms. The SMILES string of the molecule is CCC(CC(C)(CC(CC(C)c1ccc(C[N+](C)(C)C)cc1)c1ccc(C[N+](C)(C)C)cc1)C(=O)N1CCN(C(=O)C(C)(CC(CC)c2ccc(C[N+](C)(C)C)cc2)CC(CC(C)c2ccc(C[N+](C)(C)C)cc2)c2ccc(C[N+](C)(C)C)cc2)CC1)c1ccc(C[N+](C)(C)C)cc1. The lowest BCUT2D eigenvalue weighted by Gasteiger charge is -2.45. The molecule has 0 radical (unpaired) electrons. The predicted octanol–water partition coefficient (Wildman–Crippen LogP) is 16.8. The van der Waals surface area contributed by atoms with Gasteiger partial charge < -0.3 is 36.7 Å². The highest BCUT2D eigenvalue weighted by molar-refractivity contribution is 5.85. The topological polar surface area (TPSA) is 40.6 Å². The summed E-state index contributed by atoms with van der Waals surface area (Å²) in [5, 5.41) is 0. The van der Waals surface area contributed by atoms with Crippen LogP contribution in [0.3, 0.4) is 0 Å². The molecule has 10 nitrogen and oxygen atoms in total. The number of hydrogen-bond donors (Lipinski definition) is 0. The molecule has 1 aliphatic heterocycles. The van der Waals surface area contributed by atoms with E-state index in [4.69, 9.17) is 0 Å². The Morgan fingerprint density at radius 2 is 0.480 bits per heavy atom. The number of hydrogen-bond acceptors (Lipinski definition) is 2. The Morgan fingerprint density at radius 3 is 0.663 bits per heavy atom.